The molecule has 0 amide bonds. The maximum atomic E-state index is 14.1. The van der Waals surface area contributed by atoms with E-state index in [0.29, 0.717) is 29.6 Å². The molecule has 7 atom stereocenters. The summed E-state index contributed by atoms with van der Waals surface area (Å²) >= 11 is 0. The van der Waals surface area contributed by atoms with E-state index in [-0.39, 0.29) is 40.1 Å². The van der Waals surface area contributed by atoms with Gasteiger partial charge in [-0.15, -0.1) is 5.10 Å². The number of fused-ring (bicyclic) bond motifs is 4. The number of Topliss-reactive ketones (excluding diaryl/α,β-unsaturated/α-hetero) is 1. The predicted molar refractivity (Wildman–Crippen MR) is 144 cm³/mol. The second-order valence-electron chi connectivity index (χ2n) is 13.6. The van der Waals surface area contributed by atoms with Gasteiger partial charge in [-0.25, -0.2) is 8.78 Å². The molecule has 0 radical (unpaired) electrons. The van der Waals surface area contributed by atoms with Gasteiger partial charge < -0.3 is 4.74 Å². The van der Waals surface area contributed by atoms with Crippen molar-refractivity contribution in [2.75, 3.05) is 13.7 Å². The molecule has 38 heavy (non-hydrogen) atoms. The number of rotatable bonds is 8. The summed E-state index contributed by atoms with van der Waals surface area (Å²) in [7, 11) is 1.87. The highest BCUT2D eigenvalue weighted by Crippen LogP contribution is 2.64. The van der Waals surface area contributed by atoms with E-state index in [0.717, 1.165) is 44.4 Å². The fourth-order valence-electron chi connectivity index (χ4n) is 8.94. The first kappa shape index (κ1) is 27.7. The van der Waals surface area contributed by atoms with Crippen molar-refractivity contribution >= 4 is 16.8 Å². The van der Waals surface area contributed by atoms with Crippen molar-refractivity contribution in [3.63, 3.8) is 0 Å². The van der Waals surface area contributed by atoms with Gasteiger partial charge in [-0.2, -0.15) is 9.90 Å². The Balaban J connectivity index is 1.31. The summed E-state index contributed by atoms with van der Waals surface area (Å²) in [5.74, 6) is 2.08. The normalized spacial score (nSPS) is 35.3. The maximum absolute atomic E-state index is 14.1. The molecule has 0 bridgehead atoms. The topological polar surface area (TPSA) is 57.0 Å². The summed E-state index contributed by atoms with van der Waals surface area (Å²) in [6, 6.07) is 1.96. The van der Waals surface area contributed by atoms with Gasteiger partial charge in [0.1, 0.15) is 23.4 Å². The van der Waals surface area contributed by atoms with Crippen LogP contribution in [0.2, 0.25) is 0 Å². The number of halogens is 2. The zero-order chi connectivity index (χ0) is 27.2. The third-order valence-electron chi connectivity index (χ3n) is 10.9. The predicted octanol–water partition coefficient (Wildman–Crippen LogP) is 7.23. The molecule has 0 saturated heterocycles. The lowest BCUT2D eigenvalue weighted by molar-refractivity contribution is -0.151. The first-order valence-electron chi connectivity index (χ1n) is 14.8. The van der Waals surface area contributed by atoms with Crippen LogP contribution in [0.15, 0.2) is 12.1 Å². The molecule has 3 aliphatic carbocycles. The fraction of sp³-hybridized carbons (Fsp3) is 0.774. The van der Waals surface area contributed by atoms with Crippen molar-refractivity contribution in [3.8, 4) is 0 Å². The Morgan fingerprint density at radius 2 is 1.92 bits per heavy atom. The van der Waals surface area contributed by atoms with Crippen LogP contribution in [0.1, 0.15) is 85.5 Å². The van der Waals surface area contributed by atoms with E-state index in [1.807, 2.05) is 7.11 Å². The Hall–Kier alpha value is -1.89. The maximum Gasteiger partial charge on any atom is 0.159 e. The van der Waals surface area contributed by atoms with Gasteiger partial charge in [0, 0.05) is 25.2 Å². The van der Waals surface area contributed by atoms with Crippen molar-refractivity contribution in [2.45, 2.75) is 92.0 Å². The second kappa shape index (κ2) is 10.6. The molecule has 0 aliphatic heterocycles. The third-order valence-corrected chi connectivity index (χ3v) is 10.9. The van der Waals surface area contributed by atoms with Crippen molar-refractivity contribution in [1.82, 2.24) is 15.0 Å². The number of aromatic nitrogens is 3. The minimum Gasteiger partial charge on any atom is -0.384 e. The molecule has 0 N–H and O–H groups in total. The van der Waals surface area contributed by atoms with E-state index < -0.39 is 11.6 Å². The van der Waals surface area contributed by atoms with E-state index in [1.165, 1.54) is 36.9 Å². The van der Waals surface area contributed by atoms with Crippen LogP contribution in [0.4, 0.5) is 8.78 Å². The van der Waals surface area contributed by atoms with Crippen LogP contribution in [-0.4, -0.2) is 34.5 Å². The number of ether oxygens (including phenoxy) is 1. The molecule has 1 aromatic carbocycles. The molecule has 1 heterocycles. The first-order chi connectivity index (χ1) is 18.1. The van der Waals surface area contributed by atoms with Crippen LogP contribution < -0.4 is 0 Å². The smallest absolute Gasteiger partial charge is 0.159 e. The molecule has 1 aromatic heterocycles. The van der Waals surface area contributed by atoms with Crippen molar-refractivity contribution in [1.29, 1.82) is 0 Å². The first-order valence-corrected chi connectivity index (χ1v) is 14.8. The highest BCUT2D eigenvalue weighted by Gasteiger charge is 2.58. The summed E-state index contributed by atoms with van der Waals surface area (Å²) in [6.45, 7) is 10.4. The number of carbonyl (C=O) groups excluding carboxylic acids is 1. The number of benzene rings is 1. The average Bonchev–Trinajstić information content (AvgIpc) is 3.26. The number of ketones is 1. The van der Waals surface area contributed by atoms with E-state index >= 15 is 0 Å². The summed E-state index contributed by atoms with van der Waals surface area (Å²) in [6.07, 6.45) is 10.3. The molecule has 2 aromatic rings. The molecule has 7 heteroatoms. The molecule has 210 valence electrons. The van der Waals surface area contributed by atoms with Crippen LogP contribution in [-0.2, 0) is 16.1 Å². The second-order valence-corrected chi connectivity index (χ2v) is 13.6. The number of nitrogens with zero attached hydrogens (tertiary/aromatic N) is 3. The van der Waals surface area contributed by atoms with Crippen molar-refractivity contribution in [3.05, 3.63) is 23.8 Å². The van der Waals surface area contributed by atoms with E-state index in [9.17, 15) is 13.6 Å². The lowest BCUT2D eigenvalue weighted by Crippen LogP contribution is -2.56. The van der Waals surface area contributed by atoms with Gasteiger partial charge in [-0.3, -0.25) is 4.79 Å². The summed E-state index contributed by atoms with van der Waals surface area (Å²) in [4.78, 5) is 14.6. The number of carbonyl (C=O) groups is 1. The van der Waals surface area contributed by atoms with Gasteiger partial charge in [0.15, 0.2) is 11.6 Å². The third kappa shape index (κ3) is 4.93. The van der Waals surface area contributed by atoms with Crippen LogP contribution in [0, 0.1) is 58.0 Å². The van der Waals surface area contributed by atoms with E-state index in [2.05, 4.69) is 37.9 Å². The lowest BCUT2D eigenvalue weighted by Gasteiger charge is -2.62. The lowest BCUT2D eigenvalue weighted by atomic mass is 9.43. The van der Waals surface area contributed by atoms with Gasteiger partial charge >= 0.3 is 0 Å². The summed E-state index contributed by atoms with van der Waals surface area (Å²) in [5.41, 5.74) is 0.581. The van der Waals surface area contributed by atoms with Crippen molar-refractivity contribution < 1.29 is 18.3 Å². The zero-order valence-corrected chi connectivity index (χ0v) is 23.8. The highest BCUT2D eigenvalue weighted by atomic mass is 19.1. The van der Waals surface area contributed by atoms with Crippen molar-refractivity contribution in [2.24, 2.45) is 46.3 Å². The molecular formula is C31H45F2N3O2. The van der Waals surface area contributed by atoms with Gasteiger partial charge in [0.25, 0.3) is 0 Å². The molecule has 3 aliphatic rings. The van der Waals surface area contributed by atoms with E-state index in [1.54, 1.807) is 0 Å². The van der Waals surface area contributed by atoms with Crippen LogP contribution >= 0.6 is 0 Å². The number of methoxy groups -OCH3 is 1. The Labute approximate surface area is 226 Å². The van der Waals surface area contributed by atoms with Crippen LogP contribution in [0.5, 0.6) is 0 Å². The molecule has 3 fully saturated rings. The largest absolute Gasteiger partial charge is 0.384 e. The van der Waals surface area contributed by atoms with Crippen LogP contribution in [0.25, 0.3) is 11.0 Å². The van der Waals surface area contributed by atoms with Gasteiger partial charge in [0.2, 0.25) is 0 Å². The van der Waals surface area contributed by atoms with Gasteiger partial charge in [-0.1, -0.05) is 34.1 Å². The van der Waals surface area contributed by atoms with E-state index in [4.69, 9.17) is 4.74 Å². The van der Waals surface area contributed by atoms with Gasteiger partial charge in [-0.05, 0) is 91.8 Å². The standard InChI is InChI=1S/C31H45F2N3O2/c1-19(2)10-13-31(18-38-5)20(3)6-8-23-24-9-7-21(16-30(24,4)12-11-25(23)31)28(37)17-36-34-27-15-22(32)14-26(33)29(27)35-36/h14-15,19-21,23-25H,6-13,16-18H2,1-5H3. The number of hydrogen-bond acceptors (Lipinski definition) is 4. The Morgan fingerprint density at radius 1 is 1.13 bits per heavy atom. The molecule has 0 spiro atoms. The average molecular weight is 530 g/mol. The molecular weight excluding hydrogens is 484 g/mol. The minimum absolute atomic E-state index is 0.0108. The Morgan fingerprint density at radius 3 is 2.66 bits per heavy atom. The van der Waals surface area contributed by atoms with Gasteiger partial charge in [0.05, 0.1) is 6.61 Å². The molecule has 3 saturated carbocycles. The monoisotopic (exact) mass is 529 g/mol. The number of hydrogen-bond donors (Lipinski definition) is 0. The van der Waals surface area contributed by atoms with Crippen LogP contribution in [0.3, 0.4) is 0 Å². The highest BCUT2D eigenvalue weighted by molar-refractivity contribution is 5.81. The molecule has 5 rings (SSSR count). The summed E-state index contributed by atoms with van der Waals surface area (Å²) < 4.78 is 33.6. The fourth-order valence-corrected chi connectivity index (χ4v) is 8.94. The summed E-state index contributed by atoms with van der Waals surface area (Å²) in [5, 5.41) is 8.33. The molecule has 7 unspecified atom stereocenters. The Bertz CT molecular complexity index is 1170. The molecule has 5 nitrogen and oxygen atoms in total. The minimum atomic E-state index is -0.747. The zero-order valence-electron chi connectivity index (χ0n) is 23.8. The Kier molecular flexibility index (Phi) is 7.71. The quantitative estimate of drug-likeness (QED) is 0.362. The SMILES string of the molecule is COCC1(CCC(C)C)C(C)CCC2C3CCC(C(=O)Cn4nc5cc(F)cc(F)c5n4)CC3(C)CCC21.